The first kappa shape index (κ1) is 11.3. The Labute approximate surface area is 95.1 Å². The first-order valence-electron chi connectivity index (χ1n) is 4.50. The van der Waals surface area contributed by atoms with Gasteiger partial charge in [0.1, 0.15) is 17.8 Å². The highest BCUT2D eigenvalue weighted by Crippen LogP contribution is 2.34. The van der Waals surface area contributed by atoms with Crippen LogP contribution in [-0.4, -0.2) is 12.2 Å². The second kappa shape index (κ2) is 4.33. The van der Waals surface area contributed by atoms with E-state index in [2.05, 4.69) is 10.5 Å². The molecule has 5 heteroatoms. The van der Waals surface area contributed by atoms with Gasteiger partial charge in [0.15, 0.2) is 11.6 Å². The SMILES string of the molecule is FC[C@@]1(c2cccc(F)c2F)C=CS[C]=N1. The van der Waals surface area contributed by atoms with Crippen LogP contribution in [0.15, 0.2) is 34.7 Å². The molecular formula is C11H7F3NS. The van der Waals surface area contributed by atoms with Gasteiger partial charge in [-0.15, -0.1) is 0 Å². The maximum absolute atomic E-state index is 13.5. The van der Waals surface area contributed by atoms with Crippen molar-refractivity contribution in [3.8, 4) is 0 Å². The quantitative estimate of drug-likeness (QED) is 0.775. The molecule has 0 unspecified atom stereocenters. The Bertz CT molecular complexity index is 445. The lowest BCUT2D eigenvalue weighted by Crippen LogP contribution is -2.26. The molecule has 0 saturated heterocycles. The molecule has 1 heterocycles. The summed E-state index contributed by atoms with van der Waals surface area (Å²) in [6, 6.07) is 3.64. The average Bonchev–Trinajstić information content (AvgIpc) is 2.33. The van der Waals surface area contributed by atoms with E-state index in [-0.39, 0.29) is 5.56 Å². The molecule has 1 aliphatic rings. The minimum Gasteiger partial charge on any atom is -0.257 e. The number of rotatable bonds is 2. The summed E-state index contributed by atoms with van der Waals surface area (Å²) in [5, 5.41) is 1.55. The van der Waals surface area contributed by atoms with Crippen molar-refractivity contribution in [2.24, 2.45) is 4.99 Å². The van der Waals surface area contributed by atoms with Gasteiger partial charge in [-0.05, 0) is 17.6 Å². The second-order valence-corrected chi connectivity index (χ2v) is 3.97. The summed E-state index contributed by atoms with van der Waals surface area (Å²) in [6.07, 6.45) is 1.41. The summed E-state index contributed by atoms with van der Waals surface area (Å²) in [5.74, 6) is -2.07. The highest BCUT2D eigenvalue weighted by Gasteiger charge is 2.33. The Morgan fingerprint density at radius 1 is 1.38 bits per heavy atom. The Morgan fingerprint density at radius 2 is 2.19 bits per heavy atom. The third-order valence-corrected chi connectivity index (χ3v) is 2.80. The van der Waals surface area contributed by atoms with E-state index >= 15 is 0 Å². The third kappa shape index (κ3) is 1.75. The summed E-state index contributed by atoms with van der Waals surface area (Å²) in [4.78, 5) is 3.80. The molecule has 0 N–H and O–H groups in total. The van der Waals surface area contributed by atoms with Crippen LogP contribution in [0.3, 0.4) is 0 Å². The number of hydrogen-bond donors (Lipinski definition) is 0. The number of hydrogen-bond acceptors (Lipinski definition) is 2. The molecule has 83 valence electrons. The Hall–Kier alpha value is -1.23. The molecule has 1 atom stereocenters. The molecule has 2 rings (SSSR count). The van der Waals surface area contributed by atoms with Gasteiger partial charge < -0.3 is 0 Å². The van der Waals surface area contributed by atoms with Gasteiger partial charge in [-0.1, -0.05) is 23.9 Å². The predicted molar refractivity (Wildman–Crippen MR) is 58.2 cm³/mol. The number of alkyl halides is 1. The number of halogens is 3. The van der Waals surface area contributed by atoms with Crippen LogP contribution < -0.4 is 0 Å². The fourth-order valence-corrected chi connectivity index (χ4v) is 2.03. The molecule has 1 aromatic carbocycles. The van der Waals surface area contributed by atoms with Crippen LogP contribution >= 0.6 is 11.8 Å². The van der Waals surface area contributed by atoms with E-state index in [4.69, 9.17) is 0 Å². The minimum absolute atomic E-state index is 0.112. The van der Waals surface area contributed by atoms with Gasteiger partial charge in [-0.3, -0.25) is 4.99 Å². The van der Waals surface area contributed by atoms with Crippen LogP contribution in [0.1, 0.15) is 5.56 Å². The highest BCUT2D eigenvalue weighted by molar-refractivity contribution is 8.14. The van der Waals surface area contributed by atoms with Crippen molar-refractivity contribution in [2.75, 3.05) is 6.67 Å². The average molecular weight is 242 g/mol. The Kier molecular flexibility index (Phi) is 3.05. The van der Waals surface area contributed by atoms with E-state index in [9.17, 15) is 13.2 Å². The Morgan fingerprint density at radius 3 is 2.81 bits per heavy atom. The van der Waals surface area contributed by atoms with Crippen molar-refractivity contribution < 1.29 is 13.2 Å². The van der Waals surface area contributed by atoms with Crippen molar-refractivity contribution in [1.29, 1.82) is 0 Å². The van der Waals surface area contributed by atoms with E-state index < -0.39 is 23.8 Å². The zero-order valence-electron chi connectivity index (χ0n) is 8.08. The lowest BCUT2D eigenvalue weighted by atomic mass is 9.91. The second-order valence-electron chi connectivity index (χ2n) is 3.28. The van der Waals surface area contributed by atoms with E-state index in [1.807, 2.05) is 0 Å². The summed E-state index contributed by atoms with van der Waals surface area (Å²) in [5.41, 5.74) is 0.911. The molecule has 1 aromatic rings. The molecule has 0 saturated carbocycles. The molecule has 0 aliphatic carbocycles. The summed E-state index contributed by atoms with van der Waals surface area (Å²) >= 11 is 1.14. The Balaban J connectivity index is 2.56. The van der Waals surface area contributed by atoms with Gasteiger partial charge in [0.05, 0.1) is 0 Å². The van der Waals surface area contributed by atoms with E-state index in [0.29, 0.717) is 0 Å². The van der Waals surface area contributed by atoms with Crippen molar-refractivity contribution in [3.05, 3.63) is 46.9 Å². The molecule has 1 aliphatic heterocycles. The zero-order chi connectivity index (χ0) is 11.6. The fourth-order valence-electron chi connectivity index (χ4n) is 1.46. The number of thioether (sulfide) groups is 1. The van der Waals surface area contributed by atoms with Crippen molar-refractivity contribution in [1.82, 2.24) is 0 Å². The van der Waals surface area contributed by atoms with Gasteiger partial charge in [0, 0.05) is 5.56 Å². The normalized spacial score (nSPS) is 23.7. The van der Waals surface area contributed by atoms with Gasteiger partial charge >= 0.3 is 0 Å². The van der Waals surface area contributed by atoms with Gasteiger partial charge in [-0.25, -0.2) is 13.2 Å². The molecule has 0 aromatic heterocycles. The molecule has 1 nitrogen and oxygen atoms in total. The topological polar surface area (TPSA) is 12.4 Å². The van der Waals surface area contributed by atoms with Gasteiger partial charge in [-0.2, -0.15) is 0 Å². The molecular weight excluding hydrogens is 235 g/mol. The lowest BCUT2D eigenvalue weighted by molar-refractivity contribution is 0.356. The highest BCUT2D eigenvalue weighted by atomic mass is 32.2. The van der Waals surface area contributed by atoms with Crippen LogP contribution in [0, 0.1) is 11.6 Å². The molecule has 0 amide bonds. The van der Waals surface area contributed by atoms with E-state index in [0.717, 1.165) is 17.8 Å². The van der Waals surface area contributed by atoms with Crippen molar-refractivity contribution >= 4 is 17.3 Å². The monoisotopic (exact) mass is 242 g/mol. The molecule has 0 bridgehead atoms. The largest absolute Gasteiger partial charge is 0.257 e. The van der Waals surface area contributed by atoms with Crippen molar-refractivity contribution in [2.45, 2.75) is 5.54 Å². The lowest BCUT2D eigenvalue weighted by Gasteiger charge is -2.25. The van der Waals surface area contributed by atoms with Crippen LogP contribution in [0.4, 0.5) is 13.2 Å². The number of aliphatic imine (C=N–C) groups is 1. The molecule has 16 heavy (non-hydrogen) atoms. The van der Waals surface area contributed by atoms with E-state index in [1.54, 1.807) is 5.41 Å². The fraction of sp³-hybridized carbons (Fsp3) is 0.182. The van der Waals surface area contributed by atoms with E-state index in [1.165, 1.54) is 18.2 Å². The summed E-state index contributed by atoms with van der Waals surface area (Å²) < 4.78 is 39.6. The maximum atomic E-state index is 13.5. The summed E-state index contributed by atoms with van der Waals surface area (Å²) in [7, 11) is 0. The number of nitrogens with zero attached hydrogens (tertiary/aromatic N) is 1. The van der Waals surface area contributed by atoms with Gasteiger partial charge in [0.25, 0.3) is 0 Å². The van der Waals surface area contributed by atoms with Crippen LogP contribution in [-0.2, 0) is 5.54 Å². The smallest absolute Gasteiger partial charge is 0.164 e. The first-order chi connectivity index (χ1) is 7.69. The summed E-state index contributed by atoms with van der Waals surface area (Å²) in [6.45, 7) is -0.933. The van der Waals surface area contributed by atoms with Crippen LogP contribution in [0.25, 0.3) is 0 Å². The maximum Gasteiger partial charge on any atom is 0.164 e. The number of benzene rings is 1. The molecule has 1 radical (unpaired) electrons. The van der Waals surface area contributed by atoms with Crippen LogP contribution in [0.5, 0.6) is 0 Å². The van der Waals surface area contributed by atoms with Crippen molar-refractivity contribution in [3.63, 3.8) is 0 Å². The predicted octanol–water partition coefficient (Wildman–Crippen LogP) is 3.30. The standard InChI is InChI=1S/C11H7F3NS/c12-6-11(4-5-16-7-15-11)8-2-1-3-9(13)10(8)14/h1-5H,6H2/t11-/m1/s1. The minimum atomic E-state index is -1.47. The molecule has 0 spiro atoms. The van der Waals surface area contributed by atoms with Crippen LogP contribution in [0.2, 0.25) is 0 Å². The van der Waals surface area contributed by atoms with Gasteiger partial charge in [0.2, 0.25) is 0 Å². The molecule has 0 fully saturated rings. The zero-order valence-corrected chi connectivity index (χ0v) is 8.90. The third-order valence-electron chi connectivity index (χ3n) is 2.33. The first-order valence-corrected chi connectivity index (χ1v) is 5.38.